The van der Waals surface area contributed by atoms with Gasteiger partial charge in [0.2, 0.25) is 5.91 Å². The predicted molar refractivity (Wildman–Crippen MR) is 81.3 cm³/mol. The second-order valence-electron chi connectivity index (χ2n) is 4.08. The number of nitrogens with one attached hydrogen (secondary N) is 1. The molecule has 1 aromatic heterocycles. The molecule has 0 aliphatic heterocycles. The van der Waals surface area contributed by atoms with E-state index >= 15 is 0 Å². The summed E-state index contributed by atoms with van der Waals surface area (Å²) in [5, 5.41) is 3.51. The van der Waals surface area contributed by atoms with Crippen molar-refractivity contribution in [3.63, 3.8) is 0 Å². The molecule has 1 unspecified atom stereocenters. The summed E-state index contributed by atoms with van der Waals surface area (Å²) in [7, 11) is 1.91. The van der Waals surface area contributed by atoms with Gasteiger partial charge in [0.25, 0.3) is 0 Å². The number of rotatable bonds is 4. The Balaban J connectivity index is 1.98. The Kier molecular flexibility index (Phi) is 4.66. The summed E-state index contributed by atoms with van der Waals surface area (Å²) >= 11 is 4.81. The third-order valence-electron chi connectivity index (χ3n) is 2.52. The topological polar surface area (TPSA) is 46.9 Å². The smallest absolute Gasteiger partial charge is 0.237 e. The van der Waals surface area contributed by atoms with E-state index in [0.29, 0.717) is 0 Å². The zero-order chi connectivity index (χ0) is 13.8. The van der Waals surface area contributed by atoms with Crippen molar-refractivity contribution in [2.75, 3.05) is 5.32 Å². The van der Waals surface area contributed by atoms with Crippen LogP contribution in [0.25, 0.3) is 0 Å². The van der Waals surface area contributed by atoms with Crippen molar-refractivity contribution in [1.82, 2.24) is 9.55 Å². The van der Waals surface area contributed by atoms with Crippen molar-refractivity contribution >= 4 is 39.3 Å². The molecule has 0 radical (unpaired) electrons. The van der Waals surface area contributed by atoms with E-state index in [2.05, 4.69) is 26.2 Å². The Morgan fingerprint density at radius 1 is 1.53 bits per heavy atom. The summed E-state index contributed by atoms with van der Waals surface area (Å²) in [5.74, 6) is -0.0360. The molecule has 6 heteroatoms. The van der Waals surface area contributed by atoms with E-state index in [9.17, 15) is 4.79 Å². The van der Waals surface area contributed by atoms with Crippen molar-refractivity contribution in [3.8, 4) is 0 Å². The summed E-state index contributed by atoms with van der Waals surface area (Å²) in [6.45, 7) is 1.87. The highest BCUT2D eigenvalue weighted by Gasteiger charge is 2.16. The lowest BCUT2D eigenvalue weighted by Crippen LogP contribution is -2.22. The van der Waals surface area contributed by atoms with Crippen molar-refractivity contribution in [3.05, 3.63) is 41.1 Å². The van der Waals surface area contributed by atoms with Crippen LogP contribution in [0.5, 0.6) is 0 Å². The van der Waals surface area contributed by atoms with E-state index < -0.39 is 0 Å². The van der Waals surface area contributed by atoms with Crippen molar-refractivity contribution in [2.45, 2.75) is 17.3 Å². The molecule has 0 bridgehead atoms. The maximum atomic E-state index is 12.1. The zero-order valence-corrected chi connectivity index (χ0v) is 13.0. The number of benzene rings is 1. The number of anilines is 1. The molecule has 100 valence electrons. The largest absolute Gasteiger partial charge is 0.329 e. The number of hydrogen-bond donors (Lipinski definition) is 1. The van der Waals surface area contributed by atoms with E-state index in [0.717, 1.165) is 15.3 Å². The number of aromatic nitrogens is 2. The predicted octanol–water partition coefficient (Wildman–Crippen LogP) is 3.30. The average Bonchev–Trinajstić information content (AvgIpc) is 2.75. The fraction of sp³-hybridized carbons (Fsp3) is 0.231. The van der Waals surface area contributed by atoms with Gasteiger partial charge in [-0.25, -0.2) is 4.98 Å². The number of carbonyl (C=O) groups is 1. The first kappa shape index (κ1) is 14.1. The summed E-state index contributed by atoms with van der Waals surface area (Å²) in [6.07, 6.45) is 3.59. The maximum absolute atomic E-state index is 12.1. The Morgan fingerprint density at radius 2 is 2.32 bits per heavy atom. The van der Waals surface area contributed by atoms with Gasteiger partial charge in [0.15, 0.2) is 5.16 Å². The molecule has 2 aromatic rings. The number of carbonyl (C=O) groups excluding carboxylic acids is 1. The van der Waals surface area contributed by atoms with Crippen molar-refractivity contribution in [2.24, 2.45) is 7.05 Å². The summed E-state index contributed by atoms with van der Waals surface area (Å²) in [6, 6.07) is 7.54. The van der Waals surface area contributed by atoms with Crippen LogP contribution in [-0.4, -0.2) is 20.7 Å². The van der Waals surface area contributed by atoms with Gasteiger partial charge in [-0.1, -0.05) is 33.8 Å². The van der Waals surface area contributed by atoms with Crippen LogP contribution in [0.3, 0.4) is 0 Å². The van der Waals surface area contributed by atoms with Gasteiger partial charge >= 0.3 is 0 Å². The first-order valence-electron chi connectivity index (χ1n) is 5.76. The van der Waals surface area contributed by atoms with Crippen LogP contribution in [0.1, 0.15) is 6.92 Å². The molecule has 1 aromatic carbocycles. The minimum atomic E-state index is -0.208. The molecular weight excluding hydrogens is 326 g/mol. The molecular formula is C13H14BrN3OS. The van der Waals surface area contributed by atoms with Gasteiger partial charge < -0.3 is 9.88 Å². The maximum Gasteiger partial charge on any atom is 0.237 e. The molecule has 4 nitrogen and oxygen atoms in total. The quantitative estimate of drug-likeness (QED) is 0.869. The van der Waals surface area contributed by atoms with Gasteiger partial charge in [0, 0.05) is 29.6 Å². The number of imidazole rings is 1. The Labute approximate surface area is 124 Å². The number of thioether (sulfide) groups is 1. The highest BCUT2D eigenvalue weighted by Crippen LogP contribution is 2.22. The fourth-order valence-corrected chi connectivity index (χ4v) is 2.72. The van der Waals surface area contributed by atoms with E-state index in [1.807, 2.05) is 49.0 Å². The second-order valence-corrected chi connectivity index (χ2v) is 6.30. The highest BCUT2D eigenvalue weighted by molar-refractivity contribution is 9.10. The lowest BCUT2D eigenvalue weighted by molar-refractivity contribution is -0.115. The summed E-state index contributed by atoms with van der Waals surface area (Å²) in [5.41, 5.74) is 0.784. The van der Waals surface area contributed by atoms with Crippen LogP contribution < -0.4 is 5.32 Å². The van der Waals surface area contributed by atoms with Crippen LogP contribution in [-0.2, 0) is 11.8 Å². The number of amides is 1. The minimum absolute atomic E-state index is 0.0360. The highest BCUT2D eigenvalue weighted by atomic mass is 79.9. The van der Waals surface area contributed by atoms with Crippen molar-refractivity contribution < 1.29 is 4.79 Å². The molecule has 0 spiro atoms. The monoisotopic (exact) mass is 339 g/mol. The molecule has 1 heterocycles. The Hall–Kier alpha value is -1.27. The van der Waals surface area contributed by atoms with Gasteiger partial charge in [-0.2, -0.15) is 0 Å². The van der Waals surface area contributed by atoms with Crippen LogP contribution in [0.4, 0.5) is 5.69 Å². The summed E-state index contributed by atoms with van der Waals surface area (Å²) < 4.78 is 2.84. The lowest BCUT2D eigenvalue weighted by Gasteiger charge is -2.11. The summed E-state index contributed by atoms with van der Waals surface area (Å²) in [4.78, 5) is 16.3. The van der Waals surface area contributed by atoms with E-state index in [4.69, 9.17) is 0 Å². The van der Waals surface area contributed by atoms with Crippen LogP contribution in [0.2, 0.25) is 0 Å². The molecule has 2 rings (SSSR count). The number of nitrogens with zero attached hydrogens (tertiary/aromatic N) is 2. The fourth-order valence-electron chi connectivity index (χ4n) is 1.49. The SMILES string of the molecule is CC(Sc1nccn1C)C(=O)Nc1cccc(Br)c1. The van der Waals surface area contributed by atoms with Gasteiger partial charge in [-0.05, 0) is 25.1 Å². The average molecular weight is 340 g/mol. The molecule has 0 aliphatic rings. The van der Waals surface area contributed by atoms with E-state index in [1.165, 1.54) is 11.8 Å². The molecule has 0 fully saturated rings. The number of hydrogen-bond acceptors (Lipinski definition) is 3. The van der Waals surface area contributed by atoms with Gasteiger partial charge in [0.05, 0.1) is 5.25 Å². The molecule has 0 saturated carbocycles. The van der Waals surface area contributed by atoms with Crippen molar-refractivity contribution in [1.29, 1.82) is 0 Å². The number of halogens is 1. The molecule has 1 N–H and O–H groups in total. The molecule has 1 atom stereocenters. The number of aryl methyl sites for hydroxylation is 1. The zero-order valence-electron chi connectivity index (χ0n) is 10.6. The third kappa shape index (κ3) is 3.84. The van der Waals surface area contributed by atoms with Crippen LogP contribution >= 0.6 is 27.7 Å². The standard InChI is InChI=1S/C13H14BrN3OS/c1-9(19-13-15-6-7-17(13)2)12(18)16-11-5-3-4-10(14)8-11/h3-9H,1-2H3,(H,16,18). The normalized spacial score (nSPS) is 12.2. The molecule has 19 heavy (non-hydrogen) atoms. The second kappa shape index (κ2) is 6.25. The first-order valence-corrected chi connectivity index (χ1v) is 7.44. The Morgan fingerprint density at radius 3 is 2.95 bits per heavy atom. The van der Waals surface area contributed by atoms with Crippen LogP contribution in [0.15, 0.2) is 46.3 Å². The first-order chi connectivity index (χ1) is 9.06. The third-order valence-corrected chi connectivity index (χ3v) is 4.19. The van der Waals surface area contributed by atoms with Gasteiger partial charge in [-0.15, -0.1) is 0 Å². The van der Waals surface area contributed by atoms with Crippen LogP contribution in [0, 0.1) is 0 Å². The minimum Gasteiger partial charge on any atom is -0.329 e. The Bertz CT molecular complexity index is 585. The van der Waals surface area contributed by atoms with E-state index in [1.54, 1.807) is 6.20 Å². The van der Waals surface area contributed by atoms with Gasteiger partial charge in [-0.3, -0.25) is 4.79 Å². The van der Waals surface area contributed by atoms with Gasteiger partial charge in [0.1, 0.15) is 0 Å². The molecule has 0 aliphatic carbocycles. The lowest BCUT2D eigenvalue weighted by atomic mass is 10.3. The van der Waals surface area contributed by atoms with E-state index in [-0.39, 0.29) is 11.2 Å². The molecule has 1 amide bonds. The molecule has 0 saturated heterocycles.